The Morgan fingerprint density at radius 1 is 0.906 bits per heavy atom. The number of benzene rings is 3. The van der Waals surface area contributed by atoms with E-state index in [4.69, 9.17) is 9.47 Å². The number of ketones is 1. The first-order valence-electron chi connectivity index (χ1n) is 10.2. The lowest BCUT2D eigenvalue weighted by Crippen LogP contribution is -2.03. The number of carbonyl (C=O) groups excluding carboxylic acids is 2. The van der Waals surface area contributed by atoms with Crippen LogP contribution in [-0.4, -0.2) is 23.4 Å². The Hall–Kier alpha value is -4.12. The third-order valence-electron chi connectivity index (χ3n) is 5.29. The van der Waals surface area contributed by atoms with Gasteiger partial charge in [0.1, 0.15) is 11.5 Å². The minimum atomic E-state index is -0.483. The number of hydrogen-bond acceptors (Lipinski definition) is 4. The number of esters is 1. The van der Waals surface area contributed by atoms with Crippen LogP contribution in [0, 0.1) is 6.92 Å². The Morgan fingerprint density at radius 3 is 2.25 bits per heavy atom. The summed E-state index contributed by atoms with van der Waals surface area (Å²) >= 11 is 0. The van der Waals surface area contributed by atoms with Gasteiger partial charge in [-0.3, -0.25) is 4.79 Å². The van der Waals surface area contributed by atoms with Crippen molar-refractivity contribution in [2.24, 2.45) is 0 Å². The third-order valence-corrected chi connectivity index (χ3v) is 5.29. The maximum absolute atomic E-state index is 12.5. The summed E-state index contributed by atoms with van der Waals surface area (Å²) in [6, 6.07) is 22.5. The molecule has 0 amide bonds. The first kappa shape index (κ1) is 21.1. The number of nitrogens with zero attached hydrogens (tertiary/aromatic N) is 1. The molecule has 0 fully saturated rings. The average molecular weight is 425 g/mol. The Kier molecular flexibility index (Phi) is 5.90. The van der Waals surface area contributed by atoms with Gasteiger partial charge >= 0.3 is 5.97 Å². The highest BCUT2D eigenvalue weighted by Crippen LogP contribution is 2.33. The van der Waals surface area contributed by atoms with Crippen molar-refractivity contribution in [1.29, 1.82) is 0 Å². The minimum absolute atomic E-state index is 0.0489. The van der Waals surface area contributed by atoms with Crippen LogP contribution in [0.15, 0.2) is 78.9 Å². The fraction of sp³-hybridized carbons (Fsp3) is 0.111. The second kappa shape index (κ2) is 8.94. The first-order chi connectivity index (χ1) is 15.5. The van der Waals surface area contributed by atoms with Crippen molar-refractivity contribution in [2.75, 3.05) is 7.11 Å². The van der Waals surface area contributed by atoms with E-state index >= 15 is 0 Å². The summed E-state index contributed by atoms with van der Waals surface area (Å²) in [4.78, 5) is 24.8. The number of rotatable bonds is 6. The van der Waals surface area contributed by atoms with E-state index in [1.165, 1.54) is 6.08 Å². The molecule has 5 heteroatoms. The number of carbonyl (C=O) groups is 2. The van der Waals surface area contributed by atoms with Crippen LogP contribution in [0.4, 0.5) is 0 Å². The van der Waals surface area contributed by atoms with Gasteiger partial charge in [-0.25, -0.2) is 4.79 Å². The zero-order valence-corrected chi connectivity index (χ0v) is 18.2. The summed E-state index contributed by atoms with van der Waals surface area (Å²) < 4.78 is 12.8. The van der Waals surface area contributed by atoms with E-state index in [0.717, 1.165) is 33.6 Å². The number of ether oxygens (including phenoxy) is 2. The number of Topliss-reactive ketones (excluding diaryl/α,β-unsaturated/α-hetero) is 1. The molecular formula is C27H23NO4. The molecule has 0 bridgehead atoms. The first-order valence-corrected chi connectivity index (χ1v) is 10.2. The SMILES string of the molecule is COc1ccc(-n2c(C)c(C(C)=O)c3cc(OC(=O)/C=C\c4ccccc4)ccc32)cc1. The summed E-state index contributed by atoms with van der Waals surface area (Å²) in [6.07, 6.45) is 3.09. The second-order valence-electron chi connectivity index (χ2n) is 7.39. The van der Waals surface area contributed by atoms with Crippen molar-refractivity contribution >= 4 is 28.7 Å². The predicted octanol–water partition coefficient (Wildman–Crippen LogP) is 5.77. The highest BCUT2D eigenvalue weighted by atomic mass is 16.5. The normalized spacial score (nSPS) is 11.1. The monoisotopic (exact) mass is 425 g/mol. The van der Waals surface area contributed by atoms with E-state index in [2.05, 4.69) is 0 Å². The molecule has 1 aromatic heterocycles. The van der Waals surface area contributed by atoms with Crippen LogP contribution >= 0.6 is 0 Å². The van der Waals surface area contributed by atoms with E-state index in [1.54, 1.807) is 32.2 Å². The highest BCUT2D eigenvalue weighted by molar-refractivity contribution is 6.09. The molecule has 0 aliphatic carbocycles. The van der Waals surface area contributed by atoms with Gasteiger partial charge in [0.15, 0.2) is 5.78 Å². The zero-order valence-electron chi connectivity index (χ0n) is 18.2. The van der Waals surface area contributed by atoms with E-state index in [9.17, 15) is 9.59 Å². The third kappa shape index (κ3) is 4.18. The molecule has 0 spiro atoms. The van der Waals surface area contributed by atoms with Gasteiger partial charge in [0.25, 0.3) is 0 Å². The predicted molar refractivity (Wildman–Crippen MR) is 126 cm³/mol. The molecule has 4 rings (SSSR count). The Balaban J connectivity index is 1.70. The van der Waals surface area contributed by atoms with Gasteiger partial charge in [0, 0.05) is 28.4 Å². The summed E-state index contributed by atoms with van der Waals surface area (Å²) in [5, 5.41) is 0.739. The van der Waals surface area contributed by atoms with Gasteiger partial charge in [-0.05, 0) is 68.0 Å². The van der Waals surface area contributed by atoms with E-state index in [-0.39, 0.29) is 5.78 Å². The lowest BCUT2D eigenvalue weighted by Gasteiger charge is -2.10. The maximum atomic E-state index is 12.5. The summed E-state index contributed by atoms with van der Waals surface area (Å²) in [7, 11) is 1.62. The van der Waals surface area contributed by atoms with E-state index in [1.807, 2.05) is 72.2 Å². The molecular weight excluding hydrogens is 402 g/mol. The van der Waals surface area contributed by atoms with Gasteiger partial charge in [-0.1, -0.05) is 30.3 Å². The number of aromatic nitrogens is 1. The van der Waals surface area contributed by atoms with Crippen LogP contribution in [0.1, 0.15) is 28.5 Å². The Bertz CT molecular complexity index is 1320. The smallest absolute Gasteiger partial charge is 0.336 e. The zero-order chi connectivity index (χ0) is 22.7. The summed E-state index contributed by atoms with van der Waals surface area (Å²) in [5.74, 6) is 0.609. The van der Waals surface area contributed by atoms with Crippen molar-refractivity contribution in [3.63, 3.8) is 0 Å². The quantitative estimate of drug-likeness (QED) is 0.170. The molecule has 5 nitrogen and oxygen atoms in total. The maximum Gasteiger partial charge on any atom is 0.336 e. The molecule has 0 atom stereocenters. The van der Waals surface area contributed by atoms with E-state index in [0.29, 0.717) is 11.3 Å². The van der Waals surface area contributed by atoms with Crippen LogP contribution in [-0.2, 0) is 4.79 Å². The van der Waals surface area contributed by atoms with Gasteiger partial charge in [-0.15, -0.1) is 0 Å². The van der Waals surface area contributed by atoms with Crippen molar-refractivity contribution in [1.82, 2.24) is 4.57 Å². The molecule has 0 aliphatic heterocycles. The molecule has 1 heterocycles. The molecule has 0 unspecified atom stereocenters. The highest BCUT2D eigenvalue weighted by Gasteiger charge is 2.19. The lowest BCUT2D eigenvalue weighted by molar-refractivity contribution is -0.128. The van der Waals surface area contributed by atoms with Crippen molar-refractivity contribution in [3.05, 3.63) is 95.7 Å². The van der Waals surface area contributed by atoms with Gasteiger partial charge in [0.2, 0.25) is 0 Å². The van der Waals surface area contributed by atoms with Gasteiger partial charge in [0.05, 0.1) is 12.6 Å². The Labute approximate surface area is 186 Å². The molecule has 32 heavy (non-hydrogen) atoms. The van der Waals surface area contributed by atoms with Crippen molar-refractivity contribution in [3.8, 4) is 17.2 Å². The van der Waals surface area contributed by atoms with E-state index < -0.39 is 5.97 Å². The van der Waals surface area contributed by atoms with Crippen LogP contribution in [0.3, 0.4) is 0 Å². The second-order valence-corrected chi connectivity index (χ2v) is 7.39. The largest absolute Gasteiger partial charge is 0.497 e. The molecule has 0 saturated carbocycles. The van der Waals surface area contributed by atoms with Crippen LogP contribution < -0.4 is 9.47 Å². The van der Waals surface area contributed by atoms with Crippen LogP contribution in [0.25, 0.3) is 22.7 Å². The molecule has 4 aromatic rings. The molecule has 160 valence electrons. The molecule has 0 N–H and O–H groups in total. The van der Waals surface area contributed by atoms with Crippen LogP contribution in [0.5, 0.6) is 11.5 Å². The number of methoxy groups -OCH3 is 1. The minimum Gasteiger partial charge on any atom is -0.497 e. The fourth-order valence-corrected chi connectivity index (χ4v) is 3.85. The fourth-order valence-electron chi connectivity index (χ4n) is 3.85. The topological polar surface area (TPSA) is 57.5 Å². The Morgan fingerprint density at radius 2 is 1.59 bits per heavy atom. The number of hydrogen-bond donors (Lipinski definition) is 0. The molecule has 3 aromatic carbocycles. The van der Waals surface area contributed by atoms with Gasteiger partial charge < -0.3 is 14.0 Å². The van der Waals surface area contributed by atoms with Crippen molar-refractivity contribution in [2.45, 2.75) is 13.8 Å². The van der Waals surface area contributed by atoms with Gasteiger partial charge in [-0.2, -0.15) is 0 Å². The molecule has 0 saturated heterocycles. The van der Waals surface area contributed by atoms with Crippen LogP contribution in [0.2, 0.25) is 0 Å². The lowest BCUT2D eigenvalue weighted by atomic mass is 10.1. The van der Waals surface area contributed by atoms with Crippen molar-refractivity contribution < 1.29 is 19.1 Å². The number of fused-ring (bicyclic) bond motifs is 1. The summed E-state index contributed by atoms with van der Waals surface area (Å²) in [6.45, 7) is 3.46. The average Bonchev–Trinajstić information content (AvgIpc) is 3.09. The standard InChI is InChI=1S/C27H23NO4/c1-18-27(19(2)29)24-17-23(32-26(30)16-9-20-7-5-4-6-8-20)14-15-25(24)28(18)21-10-12-22(31-3)13-11-21/h4-17H,1-3H3/b16-9-. The summed E-state index contributed by atoms with van der Waals surface area (Å²) in [5.41, 5.74) is 4.11. The molecule has 0 radical (unpaired) electrons. The molecule has 0 aliphatic rings.